The Hall–Kier alpha value is -2.34. The second-order valence-corrected chi connectivity index (χ2v) is 8.35. The summed E-state index contributed by atoms with van der Waals surface area (Å²) in [5, 5.41) is 0. The highest BCUT2D eigenvalue weighted by Crippen LogP contribution is 2.45. The fourth-order valence-electron chi connectivity index (χ4n) is 4.54. The van der Waals surface area contributed by atoms with Crippen molar-refractivity contribution in [3.63, 3.8) is 0 Å². The molecule has 3 atom stereocenters. The van der Waals surface area contributed by atoms with Crippen LogP contribution in [0.2, 0.25) is 0 Å². The third-order valence-electron chi connectivity index (χ3n) is 5.76. The molecule has 2 aliphatic heterocycles. The molecule has 6 heteroatoms. The smallest absolute Gasteiger partial charge is 0.254 e. The lowest BCUT2D eigenvalue weighted by Crippen LogP contribution is -2.38. The van der Waals surface area contributed by atoms with E-state index < -0.39 is 0 Å². The van der Waals surface area contributed by atoms with Gasteiger partial charge in [0.05, 0.1) is 11.8 Å². The molecule has 2 aromatic carbocycles. The molecule has 146 valence electrons. The molecule has 0 saturated carbocycles. The van der Waals surface area contributed by atoms with E-state index in [9.17, 15) is 14.0 Å². The number of fused-ring (bicyclic) bond motifs is 1. The Morgan fingerprint density at radius 2 is 1.86 bits per heavy atom. The summed E-state index contributed by atoms with van der Waals surface area (Å²) < 4.78 is 14.0. The highest BCUT2D eigenvalue weighted by atomic mass is 32.2. The van der Waals surface area contributed by atoms with E-state index in [1.54, 1.807) is 6.07 Å². The summed E-state index contributed by atoms with van der Waals surface area (Å²) in [5.74, 6) is 0.608. The van der Waals surface area contributed by atoms with E-state index in [0.29, 0.717) is 31.0 Å². The maximum atomic E-state index is 14.0. The average molecular weight is 399 g/mol. The molecule has 4 rings (SSSR count). The number of carbonyl (C=O) groups is 2. The van der Waals surface area contributed by atoms with Crippen molar-refractivity contribution in [2.45, 2.75) is 6.04 Å². The first-order valence-corrected chi connectivity index (χ1v) is 10.9. The van der Waals surface area contributed by atoms with Gasteiger partial charge in [0.25, 0.3) is 5.91 Å². The molecule has 2 amide bonds. The van der Waals surface area contributed by atoms with E-state index in [-0.39, 0.29) is 35.5 Å². The van der Waals surface area contributed by atoms with Crippen LogP contribution in [0.25, 0.3) is 0 Å². The Balaban J connectivity index is 1.65. The Morgan fingerprint density at radius 1 is 1.07 bits per heavy atom. The molecule has 0 spiro atoms. The summed E-state index contributed by atoms with van der Waals surface area (Å²) in [7, 11) is 0. The van der Waals surface area contributed by atoms with Gasteiger partial charge < -0.3 is 9.80 Å². The molecule has 28 heavy (non-hydrogen) atoms. The summed E-state index contributed by atoms with van der Waals surface area (Å²) in [6.45, 7) is 1.86. The normalized spacial score (nSPS) is 23.7. The molecule has 2 saturated heterocycles. The van der Waals surface area contributed by atoms with E-state index >= 15 is 0 Å². The first-order chi connectivity index (χ1) is 13.6. The van der Waals surface area contributed by atoms with Gasteiger partial charge in [-0.1, -0.05) is 30.3 Å². The highest BCUT2D eigenvalue weighted by molar-refractivity contribution is 7.99. The highest BCUT2D eigenvalue weighted by Gasteiger charge is 2.50. The molecule has 0 aromatic heterocycles. The zero-order valence-corrected chi connectivity index (χ0v) is 16.6. The molecule has 2 aromatic rings. The molecule has 0 N–H and O–H groups in total. The van der Waals surface area contributed by atoms with Crippen molar-refractivity contribution in [3.8, 4) is 0 Å². The Morgan fingerprint density at radius 3 is 2.57 bits per heavy atom. The quantitative estimate of drug-likeness (QED) is 0.792. The minimum absolute atomic E-state index is 0.0359. The van der Waals surface area contributed by atoms with Gasteiger partial charge in [-0.15, -0.1) is 0 Å². The number of benzene rings is 2. The van der Waals surface area contributed by atoms with E-state index in [4.69, 9.17) is 0 Å². The molecule has 0 unspecified atom stereocenters. The molecule has 2 aliphatic rings. The lowest BCUT2D eigenvalue weighted by atomic mass is 9.89. The maximum absolute atomic E-state index is 14.0. The van der Waals surface area contributed by atoms with Gasteiger partial charge >= 0.3 is 0 Å². The van der Waals surface area contributed by atoms with E-state index in [1.165, 1.54) is 23.9 Å². The summed E-state index contributed by atoms with van der Waals surface area (Å²) >= 11 is 1.52. The predicted octanol–water partition coefficient (Wildman–Crippen LogP) is 3.46. The van der Waals surface area contributed by atoms with Crippen LogP contribution >= 0.6 is 11.8 Å². The fourth-order valence-corrected chi connectivity index (χ4v) is 4.97. The van der Waals surface area contributed by atoms with Crippen LogP contribution in [0.3, 0.4) is 0 Å². The number of likely N-dealkylation sites (tertiary alicyclic amines) is 2. The molecule has 0 radical (unpaired) electrons. The SMILES string of the molecule is CSCC(=O)N1C[C@H]2CN(C(=O)c3ccccc3)[C@@H](c3cccc(F)c3)[C@H]2C1. The summed E-state index contributed by atoms with van der Waals surface area (Å²) in [4.78, 5) is 29.4. The topological polar surface area (TPSA) is 40.6 Å². The number of halogens is 1. The number of thioether (sulfide) groups is 1. The number of hydrogen-bond acceptors (Lipinski definition) is 3. The molecular weight excluding hydrogens is 375 g/mol. The number of carbonyl (C=O) groups excluding carboxylic acids is 2. The van der Waals surface area contributed by atoms with Crippen molar-refractivity contribution in [1.29, 1.82) is 0 Å². The van der Waals surface area contributed by atoms with E-state index in [0.717, 1.165) is 5.56 Å². The van der Waals surface area contributed by atoms with Crippen molar-refractivity contribution < 1.29 is 14.0 Å². The first kappa shape index (κ1) is 19.0. The third-order valence-corrected chi connectivity index (χ3v) is 6.29. The van der Waals surface area contributed by atoms with Gasteiger partial charge in [0, 0.05) is 37.0 Å². The first-order valence-electron chi connectivity index (χ1n) is 9.46. The van der Waals surface area contributed by atoms with Crippen LogP contribution in [0.5, 0.6) is 0 Å². The Kier molecular flexibility index (Phi) is 5.40. The number of nitrogens with zero attached hydrogens (tertiary/aromatic N) is 2. The number of hydrogen-bond donors (Lipinski definition) is 0. The third kappa shape index (κ3) is 3.53. The van der Waals surface area contributed by atoms with Crippen molar-refractivity contribution in [1.82, 2.24) is 9.80 Å². The fraction of sp³-hybridized carbons (Fsp3) is 0.364. The molecule has 0 bridgehead atoms. The zero-order valence-electron chi connectivity index (χ0n) is 15.8. The second-order valence-electron chi connectivity index (χ2n) is 7.48. The largest absolute Gasteiger partial charge is 0.341 e. The molecule has 2 fully saturated rings. The van der Waals surface area contributed by atoms with Gasteiger partial charge in [-0.2, -0.15) is 11.8 Å². The van der Waals surface area contributed by atoms with Gasteiger partial charge in [0.15, 0.2) is 0 Å². The van der Waals surface area contributed by atoms with Crippen LogP contribution in [0.1, 0.15) is 22.0 Å². The van der Waals surface area contributed by atoms with Crippen molar-refractivity contribution >= 4 is 23.6 Å². The summed E-state index contributed by atoms with van der Waals surface area (Å²) in [5.41, 5.74) is 1.44. The van der Waals surface area contributed by atoms with Gasteiger partial charge in [-0.3, -0.25) is 9.59 Å². The van der Waals surface area contributed by atoms with Gasteiger partial charge in [0.2, 0.25) is 5.91 Å². The maximum Gasteiger partial charge on any atom is 0.254 e. The molecule has 2 heterocycles. The van der Waals surface area contributed by atoms with Crippen molar-refractivity contribution in [2.24, 2.45) is 11.8 Å². The average Bonchev–Trinajstić information content (AvgIpc) is 3.26. The summed E-state index contributed by atoms with van der Waals surface area (Å²) in [6.07, 6.45) is 1.92. The molecule has 0 aliphatic carbocycles. The minimum Gasteiger partial charge on any atom is -0.341 e. The Labute approximate surface area is 168 Å². The standard InChI is InChI=1S/C22H23FN2O2S/c1-28-14-20(26)24-11-17-12-25(22(27)15-6-3-2-4-7-15)21(19(17)13-24)16-8-5-9-18(23)10-16/h2-10,17,19,21H,11-14H2,1H3/t17-,19-,21-/m0/s1. The van der Waals surface area contributed by atoms with Crippen LogP contribution in [-0.4, -0.2) is 53.3 Å². The number of rotatable bonds is 4. The van der Waals surface area contributed by atoms with Gasteiger partial charge in [0.1, 0.15) is 5.82 Å². The molecule has 4 nitrogen and oxygen atoms in total. The lowest BCUT2D eigenvalue weighted by Gasteiger charge is -2.30. The van der Waals surface area contributed by atoms with Crippen LogP contribution in [0.4, 0.5) is 4.39 Å². The minimum atomic E-state index is -0.304. The lowest BCUT2D eigenvalue weighted by molar-refractivity contribution is -0.127. The van der Waals surface area contributed by atoms with Gasteiger partial charge in [-0.05, 0) is 36.1 Å². The summed E-state index contributed by atoms with van der Waals surface area (Å²) in [6, 6.07) is 15.5. The van der Waals surface area contributed by atoms with E-state index in [1.807, 2.05) is 52.5 Å². The van der Waals surface area contributed by atoms with Crippen molar-refractivity contribution in [3.05, 3.63) is 71.5 Å². The van der Waals surface area contributed by atoms with Crippen LogP contribution in [0, 0.1) is 17.7 Å². The number of amides is 2. The van der Waals surface area contributed by atoms with E-state index in [2.05, 4.69) is 0 Å². The van der Waals surface area contributed by atoms with Crippen molar-refractivity contribution in [2.75, 3.05) is 31.6 Å². The predicted molar refractivity (Wildman–Crippen MR) is 109 cm³/mol. The van der Waals surface area contributed by atoms with Crippen LogP contribution in [0.15, 0.2) is 54.6 Å². The van der Waals surface area contributed by atoms with Gasteiger partial charge in [-0.25, -0.2) is 4.39 Å². The molecular formula is C22H23FN2O2S. The Bertz CT molecular complexity index is 876. The zero-order chi connectivity index (χ0) is 19.7. The second kappa shape index (κ2) is 7.95. The van der Waals surface area contributed by atoms with Crippen LogP contribution in [-0.2, 0) is 4.79 Å². The monoisotopic (exact) mass is 398 g/mol. The van der Waals surface area contributed by atoms with Crippen LogP contribution < -0.4 is 0 Å².